The van der Waals surface area contributed by atoms with Crippen molar-refractivity contribution < 1.29 is 17.9 Å². The molecule has 0 aromatic heterocycles. The molecule has 0 unspecified atom stereocenters. The number of anilines is 1. The summed E-state index contributed by atoms with van der Waals surface area (Å²) in [6, 6.07) is 12.7. The molecular weight excluding hydrogens is 340 g/mol. The zero-order valence-corrected chi connectivity index (χ0v) is 15.5. The van der Waals surface area contributed by atoms with Crippen molar-refractivity contribution in [3.63, 3.8) is 0 Å². The monoisotopic (exact) mass is 362 g/mol. The molecule has 2 rings (SSSR count). The van der Waals surface area contributed by atoms with E-state index in [0.717, 1.165) is 4.31 Å². The smallest absolute Gasteiger partial charge is 0.264 e. The minimum atomic E-state index is -3.77. The Kier molecular flexibility index (Phi) is 5.69. The lowest BCUT2D eigenvalue weighted by Crippen LogP contribution is -2.30. The van der Waals surface area contributed by atoms with Gasteiger partial charge in [-0.25, -0.2) is 8.42 Å². The molecule has 7 heteroatoms. The Bertz CT molecular complexity index is 846. The second kappa shape index (κ2) is 7.57. The van der Waals surface area contributed by atoms with Crippen molar-refractivity contribution >= 4 is 21.6 Å². The van der Waals surface area contributed by atoms with E-state index in [1.165, 1.54) is 38.4 Å². The molecule has 6 nitrogen and oxygen atoms in total. The molecule has 0 fully saturated rings. The number of nitrogens with zero attached hydrogens (tertiary/aromatic N) is 1. The van der Waals surface area contributed by atoms with Gasteiger partial charge in [0.2, 0.25) is 0 Å². The van der Waals surface area contributed by atoms with Gasteiger partial charge in [-0.3, -0.25) is 9.10 Å². The zero-order chi connectivity index (χ0) is 18.6. The molecule has 2 aromatic carbocycles. The first-order chi connectivity index (χ1) is 11.8. The van der Waals surface area contributed by atoms with Crippen LogP contribution in [-0.4, -0.2) is 34.5 Å². The number of rotatable bonds is 6. The van der Waals surface area contributed by atoms with Crippen LogP contribution in [0.2, 0.25) is 0 Å². The number of hydrogen-bond donors (Lipinski definition) is 1. The predicted molar refractivity (Wildman–Crippen MR) is 97.6 cm³/mol. The average Bonchev–Trinajstić information content (AvgIpc) is 2.60. The van der Waals surface area contributed by atoms with Gasteiger partial charge in [0.1, 0.15) is 5.75 Å². The number of benzene rings is 2. The van der Waals surface area contributed by atoms with Crippen molar-refractivity contribution in [1.82, 2.24) is 5.32 Å². The van der Waals surface area contributed by atoms with E-state index >= 15 is 0 Å². The van der Waals surface area contributed by atoms with Gasteiger partial charge >= 0.3 is 0 Å². The molecule has 2 aromatic rings. The highest BCUT2D eigenvalue weighted by atomic mass is 32.2. The highest BCUT2D eigenvalue weighted by molar-refractivity contribution is 7.92. The Morgan fingerprint density at radius 3 is 2.24 bits per heavy atom. The number of nitrogens with one attached hydrogen (secondary N) is 1. The van der Waals surface area contributed by atoms with Crippen molar-refractivity contribution in [2.24, 2.45) is 0 Å². The maximum Gasteiger partial charge on any atom is 0.264 e. The van der Waals surface area contributed by atoms with Crippen LogP contribution in [0.15, 0.2) is 53.4 Å². The van der Waals surface area contributed by atoms with Gasteiger partial charge in [-0.05, 0) is 50.2 Å². The van der Waals surface area contributed by atoms with Crippen LogP contribution in [0, 0.1) is 0 Å². The first kappa shape index (κ1) is 18.8. The largest absolute Gasteiger partial charge is 0.495 e. The van der Waals surface area contributed by atoms with E-state index < -0.39 is 10.0 Å². The molecule has 0 atom stereocenters. The van der Waals surface area contributed by atoms with Gasteiger partial charge in [0.15, 0.2) is 0 Å². The van der Waals surface area contributed by atoms with Crippen molar-refractivity contribution in [3.8, 4) is 5.75 Å². The van der Waals surface area contributed by atoms with E-state index in [-0.39, 0.29) is 16.8 Å². The molecule has 0 heterocycles. The van der Waals surface area contributed by atoms with E-state index in [0.29, 0.717) is 17.0 Å². The quantitative estimate of drug-likeness (QED) is 0.857. The first-order valence-electron chi connectivity index (χ1n) is 7.80. The van der Waals surface area contributed by atoms with Crippen LogP contribution in [0.1, 0.15) is 24.2 Å². The number of carbonyl (C=O) groups excluding carboxylic acids is 1. The molecule has 1 N–H and O–H groups in total. The summed E-state index contributed by atoms with van der Waals surface area (Å²) in [4.78, 5) is 12.1. The van der Waals surface area contributed by atoms with E-state index in [1.807, 2.05) is 13.8 Å². The molecular formula is C18H22N2O4S. The lowest BCUT2D eigenvalue weighted by Gasteiger charge is -2.21. The Hall–Kier alpha value is -2.54. The highest BCUT2D eigenvalue weighted by Gasteiger charge is 2.23. The summed E-state index contributed by atoms with van der Waals surface area (Å²) in [6.07, 6.45) is 0. The lowest BCUT2D eigenvalue weighted by atomic mass is 10.2. The third-order valence-electron chi connectivity index (χ3n) is 3.62. The second-order valence-corrected chi connectivity index (χ2v) is 7.77. The summed E-state index contributed by atoms with van der Waals surface area (Å²) >= 11 is 0. The van der Waals surface area contributed by atoms with Crippen molar-refractivity contribution in [2.75, 3.05) is 18.5 Å². The Morgan fingerprint density at radius 2 is 1.68 bits per heavy atom. The zero-order valence-electron chi connectivity index (χ0n) is 14.7. The minimum Gasteiger partial charge on any atom is -0.495 e. The van der Waals surface area contributed by atoms with E-state index in [1.54, 1.807) is 24.3 Å². The van der Waals surface area contributed by atoms with Gasteiger partial charge in [0, 0.05) is 18.7 Å². The Labute approximate surface area is 148 Å². The topological polar surface area (TPSA) is 75.7 Å². The normalized spacial score (nSPS) is 11.2. The van der Waals surface area contributed by atoms with Gasteiger partial charge in [0.05, 0.1) is 17.7 Å². The Morgan fingerprint density at radius 1 is 1.08 bits per heavy atom. The molecule has 134 valence electrons. The molecule has 0 radical (unpaired) electrons. The van der Waals surface area contributed by atoms with E-state index in [4.69, 9.17) is 4.74 Å². The van der Waals surface area contributed by atoms with Crippen molar-refractivity contribution in [1.29, 1.82) is 0 Å². The maximum atomic E-state index is 12.8. The highest BCUT2D eigenvalue weighted by Crippen LogP contribution is 2.30. The van der Waals surface area contributed by atoms with E-state index in [2.05, 4.69) is 5.32 Å². The molecule has 0 aliphatic carbocycles. The number of methoxy groups -OCH3 is 1. The van der Waals surface area contributed by atoms with E-state index in [9.17, 15) is 13.2 Å². The van der Waals surface area contributed by atoms with Gasteiger partial charge in [0.25, 0.3) is 15.9 Å². The fraction of sp³-hybridized carbons (Fsp3) is 0.278. The van der Waals surface area contributed by atoms with Gasteiger partial charge in [-0.1, -0.05) is 12.1 Å². The van der Waals surface area contributed by atoms with Crippen LogP contribution in [-0.2, 0) is 10.0 Å². The number of para-hydroxylation sites is 2. The van der Waals surface area contributed by atoms with Gasteiger partial charge < -0.3 is 10.1 Å². The third-order valence-corrected chi connectivity index (χ3v) is 5.40. The number of carbonyl (C=O) groups is 1. The molecule has 0 bridgehead atoms. The van der Waals surface area contributed by atoms with Crippen LogP contribution in [0.25, 0.3) is 0 Å². The van der Waals surface area contributed by atoms with Crippen LogP contribution in [0.5, 0.6) is 5.75 Å². The number of hydrogen-bond acceptors (Lipinski definition) is 4. The Balaban J connectivity index is 2.32. The van der Waals surface area contributed by atoms with Crippen LogP contribution >= 0.6 is 0 Å². The van der Waals surface area contributed by atoms with Crippen LogP contribution in [0.4, 0.5) is 5.69 Å². The molecule has 0 saturated carbocycles. The molecule has 0 aliphatic rings. The maximum absolute atomic E-state index is 12.8. The summed E-state index contributed by atoms with van der Waals surface area (Å²) in [5.41, 5.74) is 0.847. The van der Waals surface area contributed by atoms with Crippen LogP contribution < -0.4 is 14.4 Å². The number of ether oxygens (including phenoxy) is 1. The summed E-state index contributed by atoms with van der Waals surface area (Å²) in [6.45, 7) is 3.72. The SMILES string of the molecule is COc1ccccc1N(C)S(=O)(=O)c1ccc(C(=O)NC(C)C)cc1. The van der Waals surface area contributed by atoms with Gasteiger partial charge in [-0.15, -0.1) is 0 Å². The second-order valence-electron chi connectivity index (χ2n) is 5.80. The number of amides is 1. The summed E-state index contributed by atoms with van der Waals surface area (Å²) in [5, 5.41) is 2.77. The predicted octanol–water partition coefficient (Wildman–Crippen LogP) is 2.66. The molecule has 0 spiro atoms. The lowest BCUT2D eigenvalue weighted by molar-refractivity contribution is 0.0943. The van der Waals surface area contributed by atoms with Crippen LogP contribution in [0.3, 0.4) is 0 Å². The fourth-order valence-electron chi connectivity index (χ4n) is 2.30. The van der Waals surface area contributed by atoms with Crippen molar-refractivity contribution in [2.45, 2.75) is 24.8 Å². The first-order valence-corrected chi connectivity index (χ1v) is 9.24. The summed E-state index contributed by atoms with van der Waals surface area (Å²) in [7, 11) is -0.816. The summed E-state index contributed by atoms with van der Waals surface area (Å²) < 4.78 is 32.0. The standard InChI is InChI=1S/C18H22N2O4S/c1-13(2)19-18(21)14-9-11-15(12-10-14)25(22,23)20(3)16-7-5-6-8-17(16)24-4/h5-13H,1-4H3,(H,19,21). The molecule has 0 aliphatic heterocycles. The fourth-order valence-corrected chi connectivity index (χ4v) is 3.51. The molecule has 25 heavy (non-hydrogen) atoms. The average molecular weight is 362 g/mol. The molecule has 0 saturated heterocycles. The third kappa shape index (κ3) is 4.11. The minimum absolute atomic E-state index is 0.00703. The molecule has 1 amide bonds. The number of sulfonamides is 1. The van der Waals surface area contributed by atoms with Crippen molar-refractivity contribution in [3.05, 3.63) is 54.1 Å². The van der Waals surface area contributed by atoms with Gasteiger partial charge in [-0.2, -0.15) is 0 Å². The summed E-state index contributed by atoms with van der Waals surface area (Å²) in [5.74, 6) is 0.221.